The maximum Gasteiger partial charge on any atom is 0.155 e. The summed E-state index contributed by atoms with van der Waals surface area (Å²) >= 11 is 0. The Balaban J connectivity index is 2.41. The largest absolute Gasteiger partial charge is 0.237 e. The molecule has 1 heterocycles. The summed E-state index contributed by atoms with van der Waals surface area (Å²) in [6.45, 7) is 8.50. The smallest absolute Gasteiger partial charge is 0.155 e. The Morgan fingerprint density at radius 3 is 2.53 bits per heavy atom. The van der Waals surface area contributed by atoms with Crippen LogP contribution in [0.1, 0.15) is 32.5 Å². The third kappa shape index (κ3) is 1.99. The van der Waals surface area contributed by atoms with E-state index in [1.807, 2.05) is 6.07 Å². The lowest BCUT2D eigenvalue weighted by Crippen LogP contribution is -2.19. The summed E-state index contributed by atoms with van der Waals surface area (Å²) in [6, 6.07) is 1.85. The average molecular weight is 200 g/mol. The molecule has 1 aliphatic rings. The molecule has 2 nitrogen and oxygen atoms in total. The summed E-state index contributed by atoms with van der Waals surface area (Å²) in [5, 5.41) is 0. The summed E-state index contributed by atoms with van der Waals surface area (Å²) < 4.78 is 0. The third-order valence-electron chi connectivity index (χ3n) is 2.82. The summed E-state index contributed by atoms with van der Waals surface area (Å²) in [6.07, 6.45) is 7.78. The molecule has 0 bridgehead atoms. The van der Waals surface area contributed by atoms with Gasteiger partial charge in [0.05, 0.1) is 0 Å². The average Bonchev–Trinajstić information content (AvgIpc) is 2.17. The van der Waals surface area contributed by atoms with Crippen molar-refractivity contribution in [3.8, 4) is 0 Å². The molecule has 15 heavy (non-hydrogen) atoms. The Bertz CT molecular complexity index is 402. The zero-order chi connectivity index (χ0) is 10.9. The molecule has 1 aliphatic carbocycles. The number of allylic oxidation sites excluding steroid dienone is 3. The number of nitrogens with zero attached hydrogens (tertiary/aromatic N) is 2. The second kappa shape index (κ2) is 3.61. The van der Waals surface area contributed by atoms with Gasteiger partial charge >= 0.3 is 0 Å². The maximum atomic E-state index is 4.31. The number of hydrogen-bond acceptors (Lipinski definition) is 2. The summed E-state index contributed by atoms with van der Waals surface area (Å²) in [5.74, 6) is 0.856. The van der Waals surface area contributed by atoms with Gasteiger partial charge in [0.15, 0.2) is 5.82 Å². The predicted octanol–water partition coefficient (Wildman–Crippen LogP) is 3.24. The zero-order valence-corrected chi connectivity index (χ0v) is 9.33. The molecule has 0 radical (unpaired) electrons. The maximum absolute atomic E-state index is 4.31. The number of aromatic nitrogens is 2. The highest BCUT2D eigenvalue weighted by Crippen LogP contribution is 2.42. The molecule has 0 saturated heterocycles. The van der Waals surface area contributed by atoms with Crippen LogP contribution in [0.25, 0.3) is 5.57 Å². The fraction of sp³-hybridized carbons (Fsp3) is 0.385. The van der Waals surface area contributed by atoms with Crippen molar-refractivity contribution in [1.82, 2.24) is 9.97 Å². The first kappa shape index (κ1) is 10.1. The van der Waals surface area contributed by atoms with Gasteiger partial charge in [0.1, 0.15) is 0 Å². The van der Waals surface area contributed by atoms with Crippen molar-refractivity contribution >= 4 is 5.57 Å². The van der Waals surface area contributed by atoms with Gasteiger partial charge in [-0.1, -0.05) is 32.1 Å². The zero-order valence-electron chi connectivity index (χ0n) is 9.33. The molecular formula is C13H16N2. The van der Waals surface area contributed by atoms with Crippen molar-refractivity contribution in [2.24, 2.45) is 5.41 Å². The Morgan fingerprint density at radius 2 is 1.93 bits per heavy atom. The SMILES string of the molecule is C=C1CC=C(c2ncccn2)C(C)(C)C1. The molecule has 78 valence electrons. The lowest BCUT2D eigenvalue weighted by Gasteiger charge is -2.31. The molecule has 2 rings (SSSR count). The molecule has 0 spiro atoms. The van der Waals surface area contributed by atoms with E-state index in [4.69, 9.17) is 0 Å². The Labute approximate surface area is 90.8 Å². The third-order valence-corrected chi connectivity index (χ3v) is 2.82. The Morgan fingerprint density at radius 1 is 1.27 bits per heavy atom. The summed E-state index contributed by atoms with van der Waals surface area (Å²) in [7, 11) is 0. The van der Waals surface area contributed by atoms with Crippen molar-refractivity contribution in [1.29, 1.82) is 0 Å². The lowest BCUT2D eigenvalue weighted by atomic mass is 9.73. The van der Waals surface area contributed by atoms with Crippen LogP contribution in [0.2, 0.25) is 0 Å². The second-order valence-corrected chi connectivity index (χ2v) is 4.70. The normalized spacial score (nSPS) is 19.9. The summed E-state index contributed by atoms with van der Waals surface area (Å²) in [4.78, 5) is 8.63. The highest BCUT2D eigenvalue weighted by molar-refractivity contribution is 5.66. The molecular weight excluding hydrogens is 184 g/mol. The molecule has 0 aliphatic heterocycles. The predicted molar refractivity (Wildman–Crippen MR) is 62.2 cm³/mol. The van der Waals surface area contributed by atoms with Gasteiger partial charge in [0.25, 0.3) is 0 Å². The fourth-order valence-electron chi connectivity index (χ4n) is 2.15. The van der Waals surface area contributed by atoms with Crippen molar-refractivity contribution in [2.75, 3.05) is 0 Å². The van der Waals surface area contributed by atoms with Crippen LogP contribution in [-0.2, 0) is 0 Å². The van der Waals surface area contributed by atoms with Crippen LogP contribution in [0.3, 0.4) is 0 Å². The first-order chi connectivity index (χ1) is 7.09. The van der Waals surface area contributed by atoms with E-state index in [2.05, 4.69) is 36.5 Å². The summed E-state index contributed by atoms with van der Waals surface area (Å²) in [5.41, 5.74) is 2.65. The molecule has 0 atom stereocenters. The van der Waals surface area contributed by atoms with Gasteiger partial charge in [0.2, 0.25) is 0 Å². The van der Waals surface area contributed by atoms with E-state index in [-0.39, 0.29) is 5.41 Å². The highest BCUT2D eigenvalue weighted by Gasteiger charge is 2.29. The van der Waals surface area contributed by atoms with Gasteiger partial charge in [-0.2, -0.15) is 0 Å². The minimum atomic E-state index is 0.108. The van der Waals surface area contributed by atoms with E-state index in [1.165, 1.54) is 11.1 Å². The van der Waals surface area contributed by atoms with Gasteiger partial charge in [-0.3, -0.25) is 0 Å². The number of rotatable bonds is 1. The van der Waals surface area contributed by atoms with E-state index < -0.39 is 0 Å². The molecule has 2 heteroatoms. The van der Waals surface area contributed by atoms with Crippen LogP contribution >= 0.6 is 0 Å². The van der Waals surface area contributed by atoms with Gasteiger partial charge in [-0.15, -0.1) is 0 Å². The topological polar surface area (TPSA) is 25.8 Å². The van der Waals surface area contributed by atoms with Crippen LogP contribution in [0.4, 0.5) is 0 Å². The molecule has 0 amide bonds. The Hall–Kier alpha value is -1.44. The van der Waals surface area contributed by atoms with Crippen LogP contribution in [-0.4, -0.2) is 9.97 Å². The van der Waals surface area contributed by atoms with Crippen molar-refractivity contribution in [3.05, 3.63) is 42.5 Å². The molecule has 0 N–H and O–H groups in total. The van der Waals surface area contributed by atoms with Crippen molar-refractivity contribution < 1.29 is 0 Å². The minimum Gasteiger partial charge on any atom is -0.237 e. The molecule has 1 aromatic heterocycles. The van der Waals surface area contributed by atoms with Gasteiger partial charge in [0, 0.05) is 12.4 Å². The second-order valence-electron chi connectivity index (χ2n) is 4.70. The number of hydrogen-bond donors (Lipinski definition) is 0. The van der Waals surface area contributed by atoms with E-state index in [0.29, 0.717) is 0 Å². The van der Waals surface area contributed by atoms with E-state index >= 15 is 0 Å². The Kier molecular flexibility index (Phi) is 2.43. The van der Waals surface area contributed by atoms with Gasteiger partial charge in [-0.25, -0.2) is 9.97 Å². The standard InChI is InChI=1S/C13H16N2/c1-10-5-6-11(13(2,3)9-10)12-14-7-4-8-15-12/h4,6-8H,1,5,9H2,2-3H3. The molecule has 1 aromatic rings. The monoisotopic (exact) mass is 200 g/mol. The molecule has 0 fully saturated rings. The van der Waals surface area contributed by atoms with E-state index in [9.17, 15) is 0 Å². The molecule has 0 saturated carbocycles. The molecule has 0 unspecified atom stereocenters. The van der Waals surface area contributed by atoms with Crippen LogP contribution in [0.5, 0.6) is 0 Å². The fourth-order valence-corrected chi connectivity index (χ4v) is 2.15. The van der Waals surface area contributed by atoms with Crippen LogP contribution in [0, 0.1) is 5.41 Å². The van der Waals surface area contributed by atoms with E-state index in [1.54, 1.807) is 12.4 Å². The quantitative estimate of drug-likeness (QED) is 0.650. The lowest BCUT2D eigenvalue weighted by molar-refractivity contribution is 0.477. The first-order valence-corrected chi connectivity index (χ1v) is 5.24. The van der Waals surface area contributed by atoms with Crippen molar-refractivity contribution in [2.45, 2.75) is 26.7 Å². The first-order valence-electron chi connectivity index (χ1n) is 5.24. The van der Waals surface area contributed by atoms with Crippen LogP contribution in [0.15, 0.2) is 36.7 Å². The van der Waals surface area contributed by atoms with Crippen molar-refractivity contribution in [3.63, 3.8) is 0 Å². The van der Waals surface area contributed by atoms with E-state index in [0.717, 1.165) is 18.7 Å². The van der Waals surface area contributed by atoms with Gasteiger partial charge in [-0.05, 0) is 29.9 Å². The highest BCUT2D eigenvalue weighted by atomic mass is 14.9. The molecule has 0 aromatic carbocycles. The van der Waals surface area contributed by atoms with Crippen LogP contribution < -0.4 is 0 Å². The van der Waals surface area contributed by atoms with Gasteiger partial charge < -0.3 is 0 Å². The minimum absolute atomic E-state index is 0.108.